The molecule has 0 spiro atoms. The number of aromatic amines is 1. The fourth-order valence-corrected chi connectivity index (χ4v) is 3.87. The predicted octanol–water partition coefficient (Wildman–Crippen LogP) is 4.84. The van der Waals surface area contributed by atoms with Crippen molar-refractivity contribution in [3.63, 3.8) is 0 Å². The Morgan fingerprint density at radius 2 is 2.04 bits per heavy atom. The number of benzene rings is 2. The van der Waals surface area contributed by atoms with Gasteiger partial charge in [0.25, 0.3) is 0 Å². The van der Waals surface area contributed by atoms with E-state index in [1.165, 1.54) is 19.2 Å². The van der Waals surface area contributed by atoms with Gasteiger partial charge in [0.1, 0.15) is 23.5 Å². The lowest BCUT2D eigenvalue weighted by atomic mass is 10.1. The van der Waals surface area contributed by atoms with Gasteiger partial charge in [-0.1, -0.05) is 0 Å². The van der Waals surface area contributed by atoms with Crippen LogP contribution in [-0.4, -0.2) is 29.7 Å². The largest absolute Gasteiger partial charge is 0.480 e. The molecule has 0 fully saturated rings. The number of ether oxygens (including phenoxy) is 2. The average Bonchev–Trinajstić information content (AvgIpc) is 3.08. The van der Waals surface area contributed by atoms with Crippen molar-refractivity contribution in [1.82, 2.24) is 9.97 Å². The highest BCUT2D eigenvalue weighted by atomic mass is 79.9. The lowest BCUT2D eigenvalue weighted by Gasteiger charge is -2.10. The van der Waals surface area contributed by atoms with E-state index in [1.807, 2.05) is 0 Å². The Morgan fingerprint density at radius 3 is 2.68 bits per heavy atom. The van der Waals surface area contributed by atoms with Gasteiger partial charge in [0, 0.05) is 0 Å². The first-order valence-electron chi connectivity index (χ1n) is 7.87. The van der Waals surface area contributed by atoms with Gasteiger partial charge in [-0.05, 0) is 73.8 Å². The van der Waals surface area contributed by atoms with E-state index < -0.39 is 5.97 Å². The zero-order valence-electron chi connectivity index (χ0n) is 14.4. The van der Waals surface area contributed by atoms with Gasteiger partial charge in [-0.15, -0.1) is 0 Å². The van der Waals surface area contributed by atoms with Crippen molar-refractivity contribution in [2.75, 3.05) is 13.7 Å². The summed E-state index contributed by atoms with van der Waals surface area (Å²) in [6.07, 6.45) is 1.63. The summed E-state index contributed by atoms with van der Waals surface area (Å²) >= 11 is 6.78. The number of nitriles is 1. The molecule has 0 amide bonds. The van der Waals surface area contributed by atoms with Gasteiger partial charge in [-0.2, -0.15) is 5.26 Å². The summed E-state index contributed by atoms with van der Waals surface area (Å²) in [6, 6.07) is 9.73. The third kappa shape index (κ3) is 4.40. The summed E-state index contributed by atoms with van der Waals surface area (Å²) < 4.78 is 24.5. The van der Waals surface area contributed by atoms with E-state index in [9.17, 15) is 14.4 Å². The minimum Gasteiger partial charge on any atom is -0.480 e. The van der Waals surface area contributed by atoms with Crippen molar-refractivity contribution in [2.24, 2.45) is 0 Å². The molecule has 1 aromatic heterocycles. The van der Waals surface area contributed by atoms with Crippen LogP contribution in [0.1, 0.15) is 11.4 Å². The van der Waals surface area contributed by atoms with Crippen molar-refractivity contribution >= 4 is 60.5 Å². The number of nitrogens with one attached hydrogen (secondary N) is 1. The van der Waals surface area contributed by atoms with Crippen LogP contribution >= 0.6 is 31.9 Å². The molecule has 9 heteroatoms. The summed E-state index contributed by atoms with van der Waals surface area (Å²) in [5, 5.41) is 9.53. The number of hydrogen-bond donors (Lipinski definition) is 1. The van der Waals surface area contributed by atoms with Crippen LogP contribution in [-0.2, 0) is 9.53 Å². The van der Waals surface area contributed by atoms with Crippen molar-refractivity contribution in [2.45, 2.75) is 0 Å². The molecule has 3 aromatic rings. The normalized spacial score (nSPS) is 11.3. The van der Waals surface area contributed by atoms with E-state index in [0.717, 1.165) is 0 Å². The van der Waals surface area contributed by atoms with Gasteiger partial charge in [0.2, 0.25) is 0 Å². The zero-order valence-corrected chi connectivity index (χ0v) is 17.6. The van der Waals surface area contributed by atoms with E-state index in [-0.39, 0.29) is 18.0 Å². The number of H-pyrrole nitrogens is 1. The van der Waals surface area contributed by atoms with Gasteiger partial charge >= 0.3 is 5.97 Å². The summed E-state index contributed by atoms with van der Waals surface area (Å²) in [4.78, 5) is 18.5. The first-order chi connectivity index (χ1) is 13.4. The number of imidazole rings is 1. The number of nitrogens with zero attached hydrogens (tertiary/aromatic N) is 2. The van der Waals surface area contributed by atoms with Crippen LogP contribution in [0, 0.1) is 17.1 Å². The maximum Gasteiger partial charge on any atom is 0.343 e. The van der Waals surface area contributed by atoms with E-state index in [0.29, 0.717) is 37.1 Å². The number of esters is 1. The Morgan fingerprint density at radius 1 is 1.32 bits per heavy atom. The number of aromatic nitrogens is 2. The lowest BCUT2D eigenvalue weighted by Crippen LogP contribution is -2.13. The van der Waals surface area contributed by atoms with Crippen LogP contribution in [0.15, 0.2) is 39.3 Å². The average molecular weight is 509 g/mol. The van der Waals surface area contributed by atoms with E-state index in [1.54, 1.807) is 24.3 Å². The third-order valence-electron chi connectivity index (χ3n) is 3.71. The quantitative estimate of drug-likeness (QED) is 0.393. The second-order valence-corrected chi connectivity index (χ2v) is 7.30. The number of hydrogen-bond acceptors (Lipinski definition) is 5. The molecule has 1 N–H and O–H groups in total. The molecule has 0 radical (unpaired) electrons. The number of allylic oxidation sites excluding steroid dienone is 1. The SMILES string of the molecule is COC(=O)COc1c(Br)cc(/C=C(/C#N)c2nc3ccc(F)cc3[nH]2)cc1Br. The number of carbonyl (C=O) groups excluding carboxylic acids is 1. The molecule has 0 atom stereocenters. The Labute approximate surface area is 176 Å². The Balaban J connectivity index is 1.93. The minimum absolute atomic E-state index is 0.234. The van der Waals surface area contributed by atoms with Gasteiger partial charge in [-0.25, -0.2) is 14.2 Å². The highest BCUT2D eigenvalue weighted by Gasteiger charge is 2.13. The molecule has 0 bridgehead atoms. The zero-order chi connectivity index (χ0) is 20.3. The van der Waals surface area contributed by atoms with E-state index >= 15 is 0 Å². The van der Waals surface area contributed by atoms with E-state index in [2.05, 4.69) is 52.6 Å². The maximum absolute atomic E-state index is 13.4. The molecule has 142 valence electrons. The molecule has 0 aliphatic carbocycles. The molecular formula is C19H12Br2FN3O3. The fourth-order valence-electron chi connectivity index (χ4n) is 2.42. The topological polar surface area (TPSA) is 88.0 Å². The fraction of sp³-hybridized carbons (Fsp3) is 0.105. The van der Waals surface area contributed by atoms with Gasteiger partial charge < -0.3 is 14.5 Å². The van der Waals surface area contributed by atoms with Crippen LogP contribution in [0.25, 0.3) is 22.7 Å². The summed E-state index contributed by atoms with van der Waals surface area (Å²) in [5.41, 5.74) is 2.03. The highest BCUT2D eigenvalue weighted by molar-refractivity contribution is 9.11. The Hall–Kier alpha value is -2.70. The third-order valence-corrected chi connectivity index (χ3v) is 4.89. The van der Waals surface area contributed by atoms with Crippen LogP contribution < -0.4 is 4.74 Å². The lowest BCUT2D eigenvalue weighted by molar-refractivity contribution is -0.142. The van der Waals surface area contributed by atoms with Gasteiger partial charge in [0.15, 0.2) is 6.61 Å². The summed E-state index contributed by atoms with van der Waals surface area (Å²) in [7, 11) is 1.28. The molecule has 0 unspecified atom stereocenters. The van der Waals surface area contributed by atoms with Gasteiger partial charge in [-0.3, -0.25) is 0 Å². The maximum atomic E-state index is 13.4. The standard InChI is InChI=1S/C19H12Br2FN3O3/c1-27-17(26)9-28-18-13(20)5-10(6-14(18)21)4-11(8-23)19-24-15-3-2-12(22)7-16(15)25-19/h2-7H,9H2,1H3,(H,24,25)/b11-4-. The number of methoxy groups -OCH3 is 1. The van der Waals surface area contributed by atoms with Crippen LogP contribution in [0.5, 0.6) is 5.75 Å². The molecule has 1 heterocycles. The van der Waals surface area contributed by atoms with Crippen LogP contribution in [0.2, 0.25) is 0 Å². The first-order valence-corrected chi connectivity index (χ1v) is 9.46. The molecule has 6 nitrogen and oxygen atoms in total. The highest BCUT2D eigenvalue weighted by Crippen LogP contribution is 2.36. The number of halogens is 3. The Kier molecular flexibility index (Phi) is 6.11. The molecule has 0 saturated heterocycles. The number of rotatable bonds is 5. The van der Waals surface area contributed by atoms with Crippen LogP contribution in [0.4, 0.5) is 4.39 Å². The molecule has 0 aliphatic rings. The number of fused-ring (bicyclic) bond motifs is 1. The smallest absolute Gasteiger partial charge is 0.343 e. The van der Waals surface area contributed by atoms with Crippen molar-refractivity contribution in [1.29, 1.82) is 5.26 Å². The van der Waals surface area contributed by atoms with Crippen molar-refractivity contribution < 1.29 is 18.7 Å². The summed E-state index contributed by atoms with van der Waals surface area (Å²) in [5.74, 6) is -0.127. The number of carbonyl (C=O) groups is 1. The predicted molar refractivity (Wildman–Crippen MR) is 109 cm³/mol. The summed E-state index contributed by atoms with van der Waals surface area (Å²) in [6.45, 7) is -0.234. The Bertz CT molecular complexity index is 1110. The first kappa shape index (κ1) is 20.0. The van der Waals surface area contributed by atoms with Crippen molar-refractivity contribution in [3.05, 3.63) is 56.5 Å². The molecule has 0 saturated carbocycles. The molecule has 3 rings (SSSR count). The second-order valence-electron chi connectivity index (χ2n) is 5.60. The molecule has 0 aliphatic heterocycles. The molecule has 2 aromatic carbocycles. The van der Waals surface area contributed by atoms with E-state index in [4.69, 9.17) is 4.74 Å². The van der Waals surface area contributed by atoms with Gasteiger partial charge in [0.05, 0.1) is 32.7 Å². The second kappa shape index (κ2) is 8.54. The van der Waals surface area contributed by atoms with Crippen LogP contribution in [0.3, 0.4) is 0 Å². The molecular weight excluding hydrogens is 497 g/mol. The van der Waals surface area contributed by atoms with Crippen molar-refractivity contribution in [3.8, 4) is 11.8 Å². The minimum atomic E-state index is -0.504. The molecule has 28 heavy (non-hydrogen) atoms. The monoisotopic (exact) mass is 507 g/mol.